The van der Waals surface area contributed by atoms with Gasteiger partial charge in [0.1, 0.15) is 6.54 Å². The van der Waals surface area contributed by atoms with Crippen molar-refractivity contribution in [3.05, 3.63) is 35.4 Å². The van der Waals surface area contributed by atoms with Crippen LogP contribution in [0, 0.1) is 17.2 Å². The molecule has 0 saturated carbocycles. The number of rotatable bonds is 4. The van der Waals surface area contributed by atoms with Gasteiger partial charge >= 0.3 is 0 Å². The number of carbonyl (C=O) groups is 2. The number of amides is 2. The number of nitriles is 1. The zero-order chi connectivity index (χ0) is 18.0. The van der Waals surface area contributed by atoms with Gasteiger partial charge in [0.25, 0.3) is 0 Å². The molecular weight excluding hydrogens is 316 g/mol. The Hall–Kier alpha value is -2.39. The molecule has 1 aromatic rings. The van der Waals surface area contributed by atoms with E-state index in [1.807, 2.05) is 24.3 Å². The lowest BCUT2D eigenvalue weighted by atomic mass is 9.94. The van der Waals surface area contributed by atoms with Gasteiger partial charge in [0.15, 0.2) is 0 Å². The molecule has 2 atom stereocenters. The first kappa shape index (κ1) is 17.4. The average molecular weight is 340 g/mol. The number of piperidine rings is 1. The number of hydrogen-bond acceptors (Lipinski definition) is 4. The van der Waals surface area contributed by atoms with Crippen molar-refractivity contribution in [3.8, 4) is 6.07 Å². The third-order valence-electron chi connectivity index (χ3n) is 5.21. The topological polar surface area (TPSA) is 67.7 Å². The maximum absolute atomic E-state index is 12.8. The molecule has 0 radical (unpaired) electrons. The van der Waals surface area contributed by atoms with Crippen LogP contribution >= 0.6 is 0 Å². The van der Waals surface area contributed by atoms with Gasteiger partial charge in [0.05, 0.1) is 17.6 Å². The summed E-state index contributed by atoms with van der Waals surface area (Å²) in [7, 11) is 3.43. The van der Waals surface area contributed by atoms with Crippen LogP contribution in [0.4, 0.5) is 0 Å². The Morgan fingerprint density at radius 1 is 1.28 bits per heavy atom. The number of carbonyl (C=O) groups excluding carboxylic acids is 2. The maximum Gasteiger partial charge on any atom is 0.241 e. The van der Waals surface area contributed by atoms with Crippen LogP contribution in [0.3, 0.4) is 0 Å². The molecule has 25 heavy (non-hydrogen) atoms. The standard InChI is InChI=1S/C19H24N4O2/c1-21(2)18(24)13-23-17-8-7-16(19(23)25)11-22(12-17)10-15-6-4-3-5-14(15)9-20/h3-6,16-17H,7-8,10-13H2,1-2H3/t16-,17+/m1/s1. The van der Waals surface area contributed by atoms with E-state index in [0.717, 1.165) is 24.9 Å². The average Bonchev–Trinajstić information content (AvgIpc) is 2.87. The molecule has 0 unspecified atom stereocenters. The van der Waals surface area contributed by atoms with Crippen molar-refractivity contribution < 1.29 is 9.59 Å². The summed E-state index contributed by atoms with van der Waals surface area (Å²) < 4.78 is 0. The molecule has 2 bridgehead atoms. The van der Waals surface area contributed by atoms with E-state index in [2.05, 4.69) is 11.0 Å². The van der Waals surface area contributed by atoms with Gasteiger partial charge in [0.2, 0.25) is 11.8 Å². The highest BCUT2D eigenvalue weighted by Crippen LogP contribution is 2.30. The molecule has 3 aliphatic heterocycles. The summed E-state index contributed by atoms with van der Waals surface area (Å²) in [4.78, 5) is 30.4. The zero-order valence-electron chi connectivity index (χ0n) is 14.8. The summed E-state index contributed by atoms with van der Waals surface area (Å²) in [6.45, 7) is 2.28. The molecule has 3 saturated heterocycles. The second kappa shape index (κ2) is 7.24. The Morgan fingerprint density at radius 2 is 2.04 bits per heavy atom. The van der Waals surface area contributed by atoms with E-state index in [-0.39, 0.29) is 30.3 Å². The molecule has 2 amide bonds. The molecule has 0 aromatic heterocycles. The van der Waals surface area contributed by atoms with Crippen molar-refractivity contribution in [1.29, 1.82) is 5.26 Å². The fourth-order valence-corrected chi connectivity index (χ4v) is 3.76. The minimum absolute atomic E-state index is 0.0396. The molecule has 3 fully saturated rings. The van der Waals surface area contributed by atoms with Crippen molar-refractivity contribution in [2.45, 2.75) is 25.4 Å². The summed E-state index contributed by atoms with van der Waals surface area (Å²) >= 11 is 0. The van der Waals surface area contributed by atoms with Gasteiger partial charge < -0.3 is 9.80 Å². The molecule has 3 aliphatic rings. The fourth-order valence-electron chi connectivity index (χ4n) is 3.76. The minimum atomic E-state index is -0.0528. The van der Waals surface area contributed by atoms with Crippen LogP contribution in [0.25, 0.3) is 0 Å². The molecule has 132 valence electrons. The highest BCUT2D eigenvalue weighted by atomic mass is 16.2. The van der Waals surface area contributed by atoms with Crippen LogP contribution in [0.1, 0.15) is 24.0 Å². The van der Waals surface area contributed by atoms with Gasteiger partial charge in [-0.1, -0.05) is 18.2 Å². The van der Waals surface area contributed by atoms with Crippen LogP contribution < -0.4 is 0 Å². The van der Waals surface area contributed by atoms with Gasteiger partial charge in [-0.2, -0.15) is 5.26 Å². The van der Waals surface area contributed by atoms with Gasteiger partial charge in [-0.15, -0.1) is 0 Å². The molecular formula is C19H24N4O2. The lowest BCUT2D eigenvalue weighted by Gasteiger charge is -2.36. The first-order valence-corrected chi connectivity index (χ1v) is 8.70. The smallest absolute Gasteiger partial charge is 0.241 e. The van der Waals surface area contributed by atoms with E-state index in [4.69, 9.17) is 0 Å². The highest BCUT2D eigenvalue weighted by Gasteiger charge is 2.41. The normalized spacial score (nSPS) is 23.2. The lowest BCUT2D eigenvalue weighted by Crippen LogP contribution is -2.51. The molecule has 4 rings (SSSR count). The van der Waals surface area contributed by atoms with E-state index in [0.29, 0.717) is 18.7 Å². The monoisotopic (exact) mass is 340 g/mol. The highest BCUT2D eigenvalue weighted by molar-refractivity contribution is 5.86. The van der Waals surface area contributed by atoms with Gasteiger partial charge in [-0.25, -0.2) is 0 Å². The Bertz CT molecular complexity index is 710. The summed E-state index contributed by atoms with van der Waals surface area (Å²) in [5.74, 6) is 0.00718. The van der Waals surface area contributed by atoms with E-state index < -0.39 is 0 Å². The van der Waals surface area contributed by atoms with Gasteiger partial charge in [0, 0.05) is 39.8 Å². The van der Waals surface area contributed by atoms with Crippen molar-refractivity contribution in [3.63, 3.8) is 0 Å². The molecule has 6 heteroatoms. The van der Waals surface area contributed by atoms with Crippen LogP contribution in [0.15, 0.2) is 24.3 Å². The van der Waals surface area contributed by atoms with Crippen molar-refractivity contribution in [2.24, 2.45) is 5.92 Å². The number of likely N-dealkylation sites (N-methyl/N-ethyl adjacent to an activating group) is 1. The Morgan fingerprint density at radius 3 is 2.76 bits per heavy atom. The van der Waals surface area contributed by atoms with Gasteiger partial charge in [-0.05, 0) is 24.5 Å². The van der Waals surface area contributed by atoms with Crippen molar-refractivity contribution >= 4 is 11.8 Å². The van der Waals surface area contributed by atoms with E-state index in [1.165, 1.54) is 4.90 Å². The molecule has 6 nitrogen and oxygen atoms in total. The summed E-state index contributed by atoms with van der Waals surface area (Å²) in [6, 6.07) is 9.92. The first-order chi connectivity index (χ1) is 12.0. The molecule has 0 aliphatic carbocycles. The van der Waals surface area contributed by atoms with E-state index >= 15 is 0 Å². The number of nitrogens with zero attached hydrogens (tertiary/aromatic N) is 4. The summed E-state index contributed by atoms with van der Waals surface area (Å²) in [5, 5.41) is 9.28. The minimum Gasteiger partial charge on any atom is -0.347 e. The van der Waals surface area contributed by atoms with Crippen LogP contribution in [0.5, 0.6) is 0 Å². The SMILES string of the molecule is CN(C)C(=O)CN1C(=O)[C@@H]2CC[C@H]1CN(Cc1ccccc1C#N)C2. The van der Waals surface area contributed by atoms with Crippen LogP contribution in [-0.2, 0) is 16.1 Å². The quantitative estimate of drug-likeness (QED) is 0.822. The van der Waals surface area contributed by atoms with Crippen LogP contribution in [-0.4, -0.2) is 66.3 Å². The third-order valence-corrected chi connectivity index (χ3v) is 5.21. The Balaban J connectivity index is 1.76. The predicted octanol–water partition coefficient (Wildman–Crippen LogP) is 1.07. The molecule has 0 spiro atoms. The maximum atomic E-state index is 12.8. The molecule has 3 heterocycles. The molecule has 1 aromatic carbocycles. The van der Waals surface area contributed by atoms with E-state index in [1.54, 1.807) is 19.0 Å². The Labute approximate surface area is 148 Å². The Kier molecular flexibility index (Phi) is 5.05. The second-order valence-corrected chi connectivity index (χ2v) is 7.15. The second-order valence-electron chi connectivity index (χ2n) is 7.15. The number of hydrogen-bond donors (Lipinski definition) is 0. The van der Waals surface area contributed by atoms with Crippen molar-refractivity contribution in [1.82, 2.24) is 14.7 Å². The number of benzene rings is 1. The zero-order valence-corrected chi connectivity index (χ0v) is 14.8. The largest absolute Gasteiger partial charge is 0.347 e. The molecule has 0 N–H and O–H groups in total. The third kappa shape index (κ3) is 3.67. The lowest BCUT2D eigenvalue weighted by molar-refractivity contribution is -0.145. The predicted molar refractivity (Wildman–Crippen MR) is 93.4 cm³/mol. The fraction of sp³-hybridized carbons (Fsp3) is 0.526. The number of fused-ring (bicyclic) bond motifs is 4. The summed E-state index contributed by atoms with van der Waals surface area (Å²) in [6.07, 6.45) is 1.82. The van der Waals surface area contributed by atoms with Crippen molar-refractivity contribution in [2.75, 3.05) is 33.7 Å². The summed E-state index contributed by atoms with van der Waals surface area (Å²) in [5.41, 5.74) is 1.68. The van der Waals surface area contributed by atoms with E-state index in [9.17, 15) is 14.9 Å². The first-order valence-electron chi connectivity index (χ1n) is 8.70. The van der Waals surface area contributed by atoms with Gasteiger partial charge in [-0.3, -0.25) is 14.5 Å². The van der Waals surface area contributed by atoms with Crippen LogP contribution in [0.2, 0.25) is 0 Å².